The van der Waals surface area contributed by atoms with E-state index in [0.29, 0.717) is 0 Å². The minimum absolute atomic E-state index is 0.269. The number of ether oxygens (including phenoxy) is 1. The third-order valence-corrected chi connectivity index (χ3v) is 3.97. The van der Waals surface area contributed by atoms with Crippen molar-refractivity contribution in [1.82, 2.24) is 5.32 Å². The van der Waals surface area contributed by atoms with Crippen molar-refractivity contribution in [1.29, 1.82) is 5.26 Å². The summed E-state index contributed by atoms with van der Waals surface area (Å²) in [5.41, 5.74) is 2.58. The molecule has 1 aliphatic heterocycles. The van der Waals surface area contributed by atoms with E-state index >= 15 is 0 Å². The Balaban J connectivity index is 2.03. The maximum atomic E-state index is 12.3. The van der Waals surface area contributed by atoms with Gasteiger partial charge in [0.25, 0.3) is 0 Å². The Morgan fingerprint density at radius 1 is 1.09 bits per heavy atom. The summed E-state index contributed by atoms with van der Waals surface area (Å²) in [5, 5.41) is 12.2. The topological polar surface area (TPSA) is 62.1 Å². The van der Waals surface area contributed by atoms with Crippen LogP contribution in [-0.2, 0) is 4.79 Å². The molecule has 0 saturated carbocycles. The van der Waals surface area contributed by atoms with Crippen molar-refractivity contribution in [3.8, 4) is 11.8 Å². The van der Waals surface area contributed by atoms with Crippen LogP contribution in [0.4, 0.5) is 0 Å². The molecule has 0 spiro atoms. The van der Waals surface area contributed by atoms with Gasteiger partial charge in [-0.15, -0.1) is 0 Å². The standard InChI is InChI=1S/C19H16N2O2/c1-23-15-9-7-13(8-10-15)16-11-18(14-5-3-2-4-6-14)21-19(22)17(16)12-20/h2-11,16-17H,1H3,(H,21,22)/t16-,17-/m1/s1. The number of rotatable bonds is 3. The molecule has 23 heavy (non-hydrogen) atoms. The van der Waals surface area contributed by atoms with Crippen LogP contribution < -0.4 is 10.1 Å². The van der Waals surface area contributed by atoms with Crippen molar-refractivity contribution in [2.45, 2.75) is 5.92 Å². The molecule has 0 aliphatic carbocycles. The molecule has 0 fully saturated rings. The first kappa shape index (κ1) is 14.9. The van der Waals surface area contributed by atoms with Gasteiger partial charge in [-0.1, -0.05) is 48.5 Å². The maximum Gasteiger partial charge on any atom is 0.242 e. The number of hydrogen-bond donors (Lipinski definition) is 1. The number of nitriles is 1. The first-order valence-electron chi connectivity index (χ1n) is 7.34. The van der Waals surface area contributed by atoms with Crippen molar-refractivity contribution >= 4 is 11.6 Å². The van der Waals surface area contributed by atoms with Gasteiger partial charge in [-0.05, 0) is 23.3 Å². The summed E-state index contributed by atoms with van der Waals surface area (Å²) >= 11 is 0. The summed E-state index contributed by atoms with van der Waals surface area (Å²) in [6.45, 7) is 0. The summed E-state index contributed by atoms with van der Waals surface area (Å²) in [6.07, 6.45) is 1.95. The third kappa shape index (κ3) is 2.95. The first-order valence-corrected chi connectivity index (χ1v) is 7.34. The number of amides is 1. The molecule has 114 valence electrons. The van der Waals surface area contributed by atoms with Crippen molar-refractivity contribution < 1.29 is 9.53 Å². The van der Waals surface area contributed by atoms with Crippen molar-refractivity contribution in [2.24, 2.45) is 5.92 Å². The van der Waals surface area contributed by atoms with E-state index in [1.165, 1.54) is 0 Å². The molecule has 3 rings (SSSR count). The highest BCUT2D eigenvalue weighted by molar-refractivity contribution is 5.93. The molecule has 0 unspecified atom stereocenters. The van der Waals surface area contributed by atoms with Crippen LogP contribution in [0.1, 0.15) is 17.0 Å². The average molecular weight is 304 g/mol. The Hall–Kier alpha value is -3.06. The number of allylic oxidation sites excluding steroid dienone is 1. The second-order valence-corrected chi connectivity index (χ2v) is 5.34. The molecule has 2 aromatic carbocycles. The van der Waals surface area contributed by atoms with Gasteiger partial charge in [0.2, 0.25) is 5.91 Å². The van der Waals surface area contributed by atoms with Gasteiger partial charge in [0.15, 0.2) is 0 Å². The number of hydrogen-bond acceptors (Lipinski definition) is 3. The van der Waals surface area contributed by atoms with Crippen LogP contribution >= 0.6 is 0 Å². The van der Waals surface area contributed by atoms with Crippen LogP contribution in [-0.4, -0.2) is 13.0 Å². The first-order chi connectivity index (χ1) is 11.2. The predicted octanol–water partition coefficient (Wildman–Crippen LogP) is 3.09. The fourth-order valence-electron chi connectivity index (χ4n) is 2.73. The lowest BCUT2D eigenvalue weighted by molar-refractivity contribution is -0.122. The second-order valence-electron chi connectivity index (χ2n) is 5.34. The van der Waals surface area contributed by atoms with E-state index in [1.807, 2.05) is 60.7 Å². The Morgan fingerprint density at radius 3 is 2.39 bits per heavy atom. The van der Waals surface area contributed by atoms with E-state index < -0.39 is 5.92 Å². The van der Waals surface area contributed by atoms with E-state index in [-0.39, 0.29) is 11.8 Å². The summed E-state index contributed by atoms with van der Waals surface area (Å²) in [4.78, 5) is 12.3. The fraction of sp³-hybridized carbons (Fsp3) is 0.158. The third-order valence-electron chi connectivity index (χ3n) is 3.97. The predicted molar refractivity (Wildman–Crippen MR) is 87.4 cm³/mol. The highest BCUT2D eigenvalue weighted by atomic mass is 16.5. The normalized spacial score (nSPS) is 20.2. The van der Waals surface area contributed by atoms with Gasteiger partial charge in [0, 0.05) is 11.6 Å². The van der Waals surface area contributed by atoms with Crippen molar-refractivity contribution in [2.75, 3.05) is 7.11 Å². The smallest absolute Gasteiger partial charge is 0.242 e. The lowest BCUT2D eigenvalue weighted by Crippen LogP contribution is -2.36. The molecular formula is C19H16N2O2. The summed E-state index contributed by atoms with van der Waals surface area (Å²) in [5.74, 6) is -0.546. The number of methoxy groups -OCH3 is 1. The van der Waals surface area contributed by atoms with E-state index in [4.69, 9.17) is 4.74 Å². The number of nitrogens with one attached hydrogen (secondary N) is 1. The minimum atomic E-state index is -0.740. The van der Waals surface area contributed by atoms with Gasteiger partial charge in [0.1, 0.15) is 11.7 Å². The number of nitrogens with zero attached hydrogens (tertiary/aromatic N) is 1. The summed E-state index contributed by atoms with van der Waals surface area (Å²) in [6, 6.07) is 19.2. The van der Waals surface area contributed by atoms with E-state index in [9.17, 15) is 10.1 Å². The zero-order chi connectivity index (χ0) is 16.2. The molecule has 0 bridgehead atoms. The average Bonchev–Trinajstić information content (AvgIpc) is 2.62. The molecule has 0 radical (unpaired) electrons. The Kier molecular flexibility index (Phi) is 4.11. The molecular weight excluding hydrogens is 288 g/mol. The molecule has 2 atom stereocenters. The van der Waals surface area contributed by atoms with E-state index in [1.54, 1.807) is 7.11 Å². The number of carbonyl (C=O) groups excluding carboxylic acids is 1. The van der Waals surface area contributed by atoms with Gasteiger partial charge in [0.05, 0.1) is 13.2 Å². The van der Waals surface area contributed by atoms with E-state index in [2.05, 4.69) is 11.4 Å². The SMILES string of the molecule is COc1ccc([C@H]2C=C(c3ccccc3)NC(=O)[C@@H]2C#N)cc1. The van der Waals surface area contributed by atoms with Gasteiger partial charge >= 0.3 is 0 Å². The molecule has 1 aliphatic rings. The molecule has 1 N–H and O–H groups in total. The summed E-state index contributed by atoms with van der Waals surface area (Å²) < 4.78 is 5.16. The Bertz CT molecular complexity index is 773. The lowest BCUT2D eigenvalue weighted by atomic mass is 9.82. The monoisotopic (exact) mass is 304 g/mol. The summed E-state index contributed by atoms with van der Waals surface area (Å²) in [7, 11) is 1.61. The molecule has 1 heterocycles. The molecule has 2 aromatic rings. The van der Waals surface area contributed by atoms with Crippen LogP contribution in [0.2, 0.25) is 0 Å². The number of carbonyl (C=O) groups is 1. The van der Waals surface area contributed by atoms with Gasteiger partial charge in [-0.2, -0.15) is 5.26 Å². The Morgan fingerprint density at radius 2 is 1.78 bits per heavy atom. The van der Waals surface area contributed by atoms with Gasteiger partial charge < -0.3 is 10.1 Å². The van der Waals surface area contributed by atoms with Crippen LogP contribution in [0.5, 0.6) is 5.75 Å². The lowest BCUT2D eigenvalue weighted by Gasteiger charge is -2.26. The maximum absolute atomic E-state index is 12.3. The van der Waals surface area contributed by atoms with Crippen molar-refractivity contribution in [3.05, 3.63) is 71.8 Å². The van der Waals surface area contributed by atoms with Crippen LogP contribution in [0.25, 0.3) is 5.70 Å². The molecule has 4 nitrogen and oxygen atoms in total. The minimum Gasteiger partial charge on any atom is -0.497 e. The van der Waals surface area contributed by atoms with Gasteiger partial charge in [-0.3, -0.25) is 4.79 Å². The highest BCUT2D eigenvalue weighted by Gasteiger charge is 2.33. The van der Waals surface area contributed by atoms with E-state index in [0.717, 1.165) is 22.6 Å². The Labute approximate surface area is 135 Å². The largest absolute Gasteiger partial charge is 0.497 e. The van der Waals surface area contributed by atoms with Crippen LogP contribution in [0.15, 0.2) is 60.7 Å². The fourth-order valence-corrected chi connectivity index (χ4v) is 2.73. The van der Waals surface area contributed by atoms with Gasteiger partial charge in [-0.25, -0.2) is 0 Å². The molecule has 1 amide bonds. The molecule has 0 saturated heterocycles. The zero-order valence-corrected chi connectivity index (χ0v) is 12.7. The second kappa shape index (κ2) is 6.37. The van der Waals surface area contributed by atoms with Crippen molar-refractivity contribution in [3.63, 3.8) is 0 Å². The molecule has 0 aromatic heterocycles. The van der Waals surface area contributed by atoms with Crippen LogP contribution in [0, 0.1) is 17.2 Å². The zero-order valence-electron chi connectivity index (χ0n) is 12.7. The quantitative estimate of drug-likeness (QED) is 0.948. The van der Waals surface area contributed by atoms with Crippen LogP contribution in [0.3, 0.4) is 0 Å². The number of benzene rings is 2. The highest BCUT2D eigenvalue weighted by Crippen LogP contribution is 2.33. The molecule has 4 heteroatoms.